The van der Waals surface area contributed by atoms with Gasteiger partial charge in [-0.3, -0.25) is 14.6 Å². The predicted octanol–water partition coefficient (Wildman–Crippen LogP) is 4.05. The summed E-state index contributed by atoms with van der Waals surface area (Å²) >= 11 is 0. The number of carbonyl (C=O) groups excluding carboxylic acids is 1. The molecule has 0 saturated heterocycles. The average Bonchev–Trinajstić information content (AvgIpc) is 2.83. The number of benzene rings is 2. The molecule has 4 aromatic rings. The van der Waals surface area contributed by atoms with Gasteiger partial charge in [0.15, 0.2) is 0 Å². The first kappa shape index (κ1) is 23.0. The monoisotopic (exact) mass is 458 g/mol. The van der Waals surface area contributed by atoms with Gasteiger partial charge in [0.25, 0.3) is 5.56 Å². The van der Waals surface area contributed by atoms with E-state index in [1.807, 2.05) is 30.3 Å². The number of methoxy groups -OCH3 is 1. The number of hydrogen-bond acceptors (Lipinski definition) is 6. The number of rotatable bonds is 7. The SMILES string of the molecule is COC(=O)CC(c1ccc2ncccc2c1)c1c(O)cc(C)n(CCc2ccc(O)cc2)c1=O. The minimum Gasteiger partial charge on any atom is -0.508 e. The Morgan fingerprint density at radius 3 is 2.59 bits per heavy atom. The van der Waals surface area contributed by atoms with Gasteiger partial charge in [-0.25, -0.2) is 0 Å². The quantitative estimate of drug-likeness (QED) is 0.405. The van der Waals surface area contributed by atoms with Crippen LogP contribution in [0.25, 0.3) is 10.9 Å². The first-order chi connectivity index (χ1) is 16.4. The van der Waals surface area contributed by atoms with Crippen LogP contribution in [0.4, 0.5) is 0 Å². The minimum atomic E-state index is -0.690. The number of nitrogens with zero attached hydrogens (tertiary/aromatic N) is 2. The lowest BCUT2D eigenvalue weighted by Crippen LogP contribution is -2.29. The number of hydrogen-bond donors (Lipinski definition) is 2. The molecular weight excluding hydrogens is 432 g/mol. The Hall–Kier alpha value is -4.13. The van der Waals surface area contributed by atoms with E-state index >= 15 is 0 Å². The molecule has 2 aromatic heterocycles. The summed E-state index contributed by atoms with van der Waals surface area (Å²) in [5.41, 5.74) is 2.90. The van der Waals surface area contributed by atoms with Crippen molar-refractivity contribution in [2.24, 2.45) is 0 Å². The van der Waals surface area contributed by atoms with E-state index in [1.165, 1.54) is 7.11 Å². The van der Waals surface area contributed by atoms with Crippen LogP contribution in [0.2, 0.25) is 0 Å². The fourth-order valence-electron chi connectivity index (χ4n) is 4.23. The second kappa shape index (κ2) is 9.79. The number of ether oxygens (including phenoxy) is 1. The van der Waals surface area contributed by atoms with Gasteiger partial charge in [0.1, 0.15) is 11.5 Å². The second-order valence-corrected chi connectivity index (χ2v) is 8.25. The van der Waals surface area contributed by atoms with Crippen molar-refractivity contribution in [1.82, 2.24) is 9.55 Å². The zero-order valence-corrected chi connectivity index (χ0v) is 19.1. The van der Waals surface area contributed by atoms with Gasteiger partial charge in [-0.1, -0.05) is 24.3 Å². The highest BCUT2D eigenvalue weighted by molar-refractivity contribution is 5.80. The van der Waals surface area contributed by atoms with Crippen molar-refractivity contribution in [1.29, 1.82) is 0 Å². The smallest absolute Gasteiger partial charge is 0.306 e. The zero-order chi connectivity index (χ0) is 24.2. The van der Waals surface area contributed by atoms with Crippen LogP contribution in [0.5, 0.6) is 11.5 Å². The normalized spacial score (nSPS) is 11.9. The van der Waals surface area contributed by atoms with Gasteiger partial charge in [0, 0.05) is 29.7 Å². The molecule has 1 unspecified atom stereocenters. The van der Waals surface area contributed by atoms with Gasteiger partial charge < -0.3 is 19.5 Å². The van der Waals surface area contributed by atoms with Crippen LogP contribution < -0.4 is 5.56 Å². The summed E-state index contributed by atoms with van der Waals surface area (Å²) in [5, 5.41) is 21.2. The maximum Gasteiger partial charge on any atom is 0.306 e. The van der Waals surface area contributed by atoms with Gasteiger partial charge in [-0.2, -0.15) is 0 Å². The van der Waals surface area contributed by atoms with Gasteiger partial charge >= 0.3 is 5.97 Å². The largest absolute Gasteiger partial charge is 0.508 e. The highest BCUT2D eigenvalue weighted by atomic mass is 16.5. The van der Waals surface area contributed by atoms with Crippen LogP contribution in [0.15, 0.2) is 71.7 Å². The van der Waals surface area contributed by atoms with Gasteiger partial charge in [-0.05, 0) is 60.9 Å². The number of pyridine rings is 2. The summed E-state index contributed by atoms with van der Waals surface area (Å²) in [6, 6.07) is 17.7. The fraction of sp³-hybridized carbons (Fsp3) is 0.222. The topological polar surface area (TPSA) is 102 Å². The first-order valence-corrected chi connectivity index (χ1v) is 11.0. The van der Waals surface area contributed by atoms with E-state index in [0.29, 0.717) is 24.2 Å². The summed E-state index contributed by atoms with van der Waals surface area (Å²) in [4.78, 5) is 30.3. The van der Waals surface area contributed by atoms with Crippen molar-refractivity contribution in [3.8, 4) is 11.5 Å². The Morgan fingerprint density at radius 1 is 1.09 bits per heavy atom. The predicted molar refractivity (Wildman–Crippen MR) is 129 cm³/mol. The summed E-state index contributed by atoms with van der Waals surface area (Å²) in [6.07, 6.45) is 2.17. The van der Waals surface area contributed by atoms with Crippen molar-refractivity contribution in [2.45, 2.75) is 32.2 Å². The van der Waals surface area contributed by atoms with Crippen molar-refractivity contribution in [3.05, 3.63) is 99.6 Å². The fourth-order valence-corrected chi connectivity index (χ4v) is 4.23. The van der Waals surface area contributed by atoms with Crippen molar-refractivity contribution < 1.29 is 19.7 Å². The van der Waals surface area contributed by atoms with Crippen LogP contribution in [0.3, 0.4) is 0 Å². The lowest BCUT2D eigenvalue weighted by Gasteiger charge is -2.21. The molecule has 174 valence electrons. The molecule has 0 fully saturated rings. The van der Waals surface area contributed by atoms with Crippen LogP contribution in [0.1, 0.15) is 34.7 Å². The standard InChI is InChI=1S/C27H26N2O5/c1-17-14-24(31)26(27(33)29(17)13-11-18-5-8-21(30)9-6-18)22(16-25(32)34-2)19-7-10-23-20(15-19)4-3-12-28-23/h3-10,12,14-15,22,30-31H,11,13,16H2,1-2H3. The summed E-state index contributed by atoms with van der Waals surface area (Å²) < 4.78 is 6.50. The van der Waals surface area contributed by atoms with Crippen LogP contribution in [-0.2, 0) is 22.5 Å². The number of fused-ring (bicyclic) bond motifs is 1. The number of aromatic hydroxyl groups is 2. The maximum absolute atomic E-state index is 13.6. The van der Waals surface area contributed by atoms with Crippen LogP contribution in [-0.4, -0.2) is 32.8 Å². The molecule has 0 radical (unpaired) electrons. The third kappa shape index (κ3) is 4.78. The number of aryl methyl sites for hydroxylation is 2. The Kier molecular flexibility index (Phi) is 6.63. The molecule has 0 bridgehead atoms. The van der Waals surface area contributed by atoms with E-state index < -0.39 is 11.9 Å². The summed E-state index contributed by atoms with van der Waals surface area (Å²) in [6.45, 7) is 2.15. The highest BCUT2D eigenvalue weighted by Crippen LogP contribution is 2.33. The molecule has 1 atom stereocenters. The number of carbonyl (C=O) groups is 1. The van der Waals surface area contributed by atoms with Gasteiger partial charge in [-0.15, -0.1) is 0 Å². The maximum atomic E-state index is 13.6. The molecule has 0 saturated carbocycles. The highest BCUT2D eigenvalue weighted by Gasteiger charge is 2.27. The molecule has 0 aliphatic rings. The Labute approximate surface area is 196 Å². The summed E-state index contributed by atoms with van der Waals surface area (Å²) in [5.74, 6) is -1.14. The van der Waals surface area contributed by atoms with Crippen molar-refractivity contribution >= 4 is 16.9 Å². The van der Waals surface area contributed by atoms with Crippen molar-refractivity contribution in [2.75, 3.05) is 7.11 Å². The second-order valence-electron chi connectivity index (χ2n) is 8.25. The van der Waals surface area contributed by atoms with E-state index in [2.05, 4.69) is 4.98 Å². The van der Waals surface area contributed by atoms with Gasteiger partial charge in [0.2, 0.25) is 0 Å². The molecule has 0 aliphatic heterocycles. The zero-order valence-electron chi connectivity index (χ0n) is 19.1. The minimum absolute atomic E-state index is 0.0912. The Balaban J connectivity index is 1.78. The van der Waals surface area contributed by atoms with Crippen LogP contribution >= 0.6 is 0 Å². The van der Waals surface area contributed by atoms with E-state index in [1.54, 1.807) is 48.0 Å². The first-order valence-electron chi connectivity index (χ1n) is 11.0. The lowest BCUT2D eigenvalue weighted by molar-refractivity contribution is -0.140. The molecule has 2 heterocycles. The van der Waals surface area contributed by atoms with Crippen LogP contribution in [0, 0.1) is 6.92 Å². The molecule has 0 spiro atoms. The number of esters is 1. The number of phenols is 1. The van der Waals surface area contributed by atoms with Gasteiger partial charge in [0.05, 0.1) is 24.6 Å². The van der Waals surface area contributed by atoms with E-state index in [-0.39, 0.29) is 29.0 Å². The molecule has 0 amide bonds. The molecule has 2 aromatic carbocycles. The van der Waals surface area contributed by atoms with E-state index in [0.717, 1.165) is 16.5 Å². The number of aromatic nitrogens is 2. The Bertz CT molecular complexity index is 1390. The Morgan fingerprint density at radius 2 is 1.85 bits per heavy atom. The molecule has 0 aliphatic carbocycles. The number of phenolic OH excluding ortho intramolecular Hbond substituents is 1. The molecule has 34 heavy (non-hydrogen) atoms. The third-order valence-corrected chi connectivity index (χ3v) is 6.06. The van der Waals surface area contributed by atoms with E-state index in [4.69, 9.17) is 4.74 Å². The molecule has 2 N–H and O–H groups in total. The average molecular weight is 459 g/mol. The molecule has 7 nitrogen and oxygen atoms in total. The van der Waals surface area contributed by atoms with E-state index in [9.17, 15) is 19.8 Å². The lowest BCUT2D eigenvalue weighted by atomic mass is 9.87. The summed E-state index contributed by atoms with van der Waals surface area (Å²) in [7, 11) is 1.30. The molecule has 7 heteroatoms. The molecule has 4 rings (SSSR count). The third-order valence-electron chi connectivity index (χ3n) is 6.06. The molecular formula is C27H26N2O5. The van der Waals surface area contributed by atoms with Crippen molar-refractivity contribution in [3.63, 3.8) is 0 Å².